The predicted octanol–water partition coefficient (Wildman–Crippen LogP) is 2.22. The molecule has 15 heavy (non-hydrogen) atoms. The lowest BCUT2D eigenvalue weighted by molar-refractivity contribution is 0.292. The maximum Gasteiger partial charge on any atom is 0.0574 e. The Morgan fingerprint density at radius 1 is 1.33 bits per heavy atom. The Morgan fingerprint density at radius 2 is 2.00 bits per heavy atom. The number of hydrogen-bond donors (Lipinski definition) is 3. The summed E-state index contributed by atoms with van der Waals surface area (Å²) in [5.74, 6) is 0. The van der Waals surface area contributed by atoms with Gasteiger partial charge < -0.3 is 16.2 Å². The number of benzene rings is 1. The van der Waals surface area contributed by atoms with E-state index in [0.717, 1.165) is 29.9 Å². The third-order valence-electron chi connectivity index (χ3n) is 1.86. The summed E-state index contributed by atoms with van der Waals surface area (Å²) in [6.07, 6.45) is 0.743. The lowest BCUT2D eigenvalue weighted by Gasteiger charge is -2.08. The Bertz CT molecular complexity index is 282. The molecule has 0 aromatic heterocycles. The van der Waals surface area contributed by atoms with Gasteiger partial charge in [0.05, 0.1) is 11.4 Å². The van der Waals surface area contributed by atoms with E-state index in [1.807, 2.05) is 25.1 Å². The van der Waals surface area contributed by atoms with Crippen LogP contribution >= 0.6 is 24.8 Å². The zero-order valence-electron chi connectivity index (χ0n) is 8.69. The first-order valence-electron chi connectivity index (χ1n) is 4.45. The molecule has 0 saturated carbocycles. The van der Waals surface area contributed by atoms with Crippen LogP contribution in [0, 0.1) is 6.92 Å². The first kappa shape index (κ1) is 16.8. The molecule has 0 aliphatic rings. The highest BCUT2D eigenvalue weighted by Crippen LogP contribution is 2.18. The van der Waals surface area contributed by atoms with Crippen LogP contribution in [0.5, 0.6) is 0 Å². The Balaban J connectivity index is 0. The molecule has 1 rings (SSSR count). The third-order valence-corrected chi connectivity index (χ3v) is 1.86. The van der Waals surface area contributed by atoms with Gasteiger partial charge in [0.1, 0.15) is 0 Å². The summed E-state index contributed by atoms with van der Waals surface area (Å²) in [4.78, 5) is 0. The summed E-state index contributed by atoms with van der Waals surface area (Å²) in [5, 5.41) is 11.7. The van der Waals surface area contributed by atoms with Crippen LogP contribution in [-0.2, 0) is 0 Å². The number of nitrogens with two attached hydrogens (primary N) is 1. The largest absolute Gasteiger partial charge is 0.397 e. The Hall–Kier alpha value is -0.640. The van der Waals surface area contributed by atoms with Gasteiger partial charge >= 0.3 is 0 Å². The minimum atomic E-state index is 0. The molecule has 0 fully saturated rings. The van der Waals surface area contributed by atoms with Crippen LogP contribution in [0.1, 0.15) is 12.0 Å². The van der Waals surface area contributed by atoms with Crippen LogP contribution < -0.4 is 11.1 Å². The van der Waals surface area contributed by atoms with Crippen molar-refractivity contribution in [3.63, 3.8) is 0 Å². The molecule has 0 atom stereocenters. The highest BCUT2D eigenvalue weighted by Gasteiger charge is 1.96. The number of nitrogens with one attached hydrogen (secondary N) is 1. The van der Waals surface area contributed by atoms with Crippen molar-refractivity contribution in [2.24, 2.45) is 0 Å². The van der Waals surface area contributed by atoms with E-state index < -0.39 is 0 Å². The number of anilines is 2. The van der Waals surface area contributed by atoms with Gasteiger partial charge in [-0.15, -0.1) is 24.8 Å². The van der Waals surface area contributed by atoms with Crippen molar-refractivity contribution in [1.29, 1.82) is 0 Å². The van der Waals surface area contributed by atoms with Gasteiger partial charge in [-0.2, -0.15) is 0 Å². The van der Waals surface area contributed by atoms with Crippen molar-refractivity contribution in [3.8, 4) is 0 Å². The molecule has 0 radical (unpaired) electrons. The fourth-order valence-corrected chi connectivity index (χ4v) is 1.15. The highest BCUT2D eigenvalue weighted by atomic mass is 35.5. The molecule has 0 amide bonds. The summed E-state index contributed by atoms with van der Waals surface area (Å²) in [6.45, 7) is 2.97. The van der Waals surface area contributed by atoms with E-state index in [9.17, 15) is 0 Å². The van der Waals surface area contributed by atoms with Crippen LogP contribution in [0.15, 0.2) is 18.2 Å². The summed E-state index contributed by atoms with van der Waals surface area (Å²) in [5.41, 5.74) is 8.64. The number of halogens is 2. The first-order chi connectivity index (χ1) is 6.24. The molecule has 0 bridgehead atoms. The lowest BCUT2D eigenvalue weighted by atomic mass is 10.2. The van der Waals surface area contributed by atoms with Crippen molar-refractivity contribution in [3.05, 3.63) is 23.8 Å². The number of aliphatic hydroxyl groups excluding tert-OH is 1. The van der Waals surface area contributed by atoms with E-state index in [4.69, 9.17) is 10.8 Å². The zero-order chi connectivity index (χ0) is 9.68. The third kappa shape index (κ3) is 5.72. The molecule has 0 unspecified atom stereocenters. The van der Waals surface area contributed by atoms with Crippen LogP contribution in [0.4, 0.5) is 11.4 Å². The molecule has 0 heterocycles. The number of nitrogen functional groups attached to an aromatic ring is 1. The molecular formula is C10H18Cl2N2O. The maximum absolute atomic E-state index is 8.59. The van der Waals surface area contributed by atoms with Gasteiger partial charge in [-0.05, 0) is 31.0 Å². The average Bonchev–Trinajstić information content (AvgIpc) is 2.09. The second-order valence-corrected chi connectivity index (χ2v) is 3.09. The van der Waals surface area contributed by atoms with Gasteiger partial charge in [-0.3, -0.25) is 0 Å². The van der Waals surface area contributed by atoms with Gasteiger partial charge in [0.25, 0.3) is 0 Å². The van der Waals surface area contributed by atoms with E-state index in [1.165, 1.54) is 0 Å². The highest BCUT2D eigenvalue weighted by molar-refractivity contribution is 5.85. The molecule has 3 nitrogen and oxygen atoms in total. The second-order valence-electron chi connectivity index (χ2n) is 3.09. The zero-order valence-corrected chi connectivity index (χ0v) is 10.3. The number of aryl methyl sites for hydroxylation is 1. The lowest BCUT2D eigenvalue weighted by Crippen LogP contribution is -2.05. The van der Waals surface area contributed by atoms with Gasteiger partial charge in [0, 0.05) is 13.2 Å². The van der Waals surface area contributed by atoms with Crippen molar-refractivity contribution in [2.45, 2.75) is 13.3 Å². The van der Waals surface area contributed by atoms with E-state index >= 15 is 0 Å². The number of hydrogen-bond acceptors (Lipinski definition) is 3. The SMILES string of the molecule is Cc1ccc(NCCCO)c(N)c1.Cl.Cl. The fraction of sp³-hybridized carbons (Fsp3) is 0.400. The van der Waals surface area contributed by atoms with Gasteiger partial charge in [-0.25, -0.2) is 0 Å². The molecule has 88 valence electrons. The monoisotopic (exact) mass is 252 g/mol. The minimum absolute atomic E-state index is 0. The predicted molar refractivity (Wildman–Crippen MR) is 70.3 cm³/mol. The molecule has 0 aliphatic carbocycles. The van der Waals surface area contributed by atoms with Crippen molar-refractivity contribution < 1.29 is 5.11 Å². The molecule has 0 saturated heterocycles. The number of rotatable bonds is 4. The molecule has 1 aromatic rings. The molecular weight excluding hydrogens is 235 g/mol. The standard InChI is InChI=1S/C10H16N2O.2ClH/c1-8-3-4-10(9(11)7-8)12-5-2-6-13;;/h3-4,7,12-13H,2,5-6,11H2,1H3;2*1H. The van der Waals surface area contributed by atoms with Crippen LogP contribution in [-0.4, -0.2) is 18.3 Å². The van der Waals surface area contributed by atoms with Crippen LogP contribution in [0.2, 0.25) is 0 Å². The summed E-state index contributed by atoms with van der Waals surface area (Å²) in [6, 6.07) is 5.90. The van der Waals surface area contributed by atoms with E-state index in [2.05, 4.69) is 5.32 Å². The Labute approximate surface area is 103 Å². The average molecular weight is 253 g/mol. The molecule has 5 heteroatoms. The maximum atomic E-state index is 8.59. The van der Waals surface area contributed by atoms with Crippen LogP contribution in [0.3, 0.4) is 0 Å². The van der Waals surface area contributed by atoms with Gasteiger partial charge in [-0.1, -0.05) is 6.07 Å². The number of aliphatic hydroxyl groups is 1. The Morgan fingerprint density at radius 3 is 2.53 bits per heavy atom. The normalized spacial score (nSPS) is 8.67. The topological polar surface area (TPSA) is 58.3 Å². The van der Waals surface area contributed by atoms with Gasteiger partial charge in [0.2, 0.25) is 0 Å². The van der Waals surface area contributed by atoms with Crippen molar-refractivity contribution in [1.82, 2.24) is 0 Å². The first-order valence-corrected chi connectivity index (χ1v) is 4.45. The second kappa shape index (κ2) is 8.65. The molecule has 0 spiro atoms. The van der Waals surface area contributed by atoms with Gasteiger partial charge in [0.15, 0.2) is 0 Å². The fourth-order valence-electron chi connectivity index (χ4n) is 1.15. The quantitative estimate of drug-likeness (QED) is 0.569. The molecule has 0 aliphatic heterocycles. The summed E-state index contributed by atoms with van der Waals surface area (Å²) >= 11 is 0. The summed E-state index contributed by atoms with van der Waals surface area (Å²) in [7, 11) is 0. The smallest absolute Gasteiger partial charge is 0.0574 e. The minimum Gasteiger partial charge on any atom is -0.397 e. The van der Waals surface area contributed by atoms with Crippen molar-refractivity contribution in [2.75, 3.05) is 24.2 Å². The summed E-state index contributed by atoms with van der Waals surface area (Å²) < 4.78 is 0. The van der Waals surface area contributed by atoms with E-state index in [0.29, 0.717) is 0 Å². The molecule has 1 aromatic carbocycles. The Kier molecular flexibility index (Phi) is 9.68. The van der Waals surface area contributed by atoms with Crippen LogP contribution in [0.25, 0.3) is 0 Å². The van der Waals surface area contributed by atoms with E-state index in [-0.39, 0.29) is 31.4 Å². The molecule has 4 N–H and O–H groups in total. The van der Waals surface area contributed by atoms with E-state index in [1.54, 1.807) is 0 Å². The van der Waals surface area contributed by atoms with Crippen molar-refractivity contribution >= 4 is 36.2 Å².